The number of halogens is 1. The molecule has 0 aliphatic carbocycles. The van der Waals surface area contributed by atoms with Gasteiger partial charge in [-0.1, -0.05) is 0 Å². The second kappa shape index (κ2) is 5.62. The molecule has 104 valence electrons. The predicted molar refractivity (Wildman–Crippen MR) is 73.4 cm³/mol. The zero-order valence-electron chi connectivity index (χ0n) is 10.5. The van der Waals surface area contributed by atoms with Gasteiger partial charge in [-0.25, -0.2) is 4.98 Å². The summed E-state index contributed by atoms with van der Waals surface area (Å²) in [6.45, 7) is 1.16. The Morgan fingerprint density at radius 3 is 3.05 bits per heavy atom. The number of carbonyl (C=O) groups is 1. The third-order valence-corrected chi connectivity index (χ3v) is 3.47. The third kappa shape index (κ3) is 2.82. The maximum Gasteiger partial charge on any atom is 0.289 e. The molecule has 3 heterocycles. The first-order chi connectivity index (χ1) is 9.72. The Hall–Kier alpha value is -1.89. The quantitative estimate of drug-likeness (QED) is 0.858. The summed E-state index contributed by atoms with van der Waals surface area (Å²) in [5.41, 5.74) is 0. The Bertz CT molecular complexity index is 602. The molecule has 0 saturated carbocycles. The van der Waals surface area contributed by atoms with Crippen LogP contribution in [0.3, 0.4) is 0 Å². The van der Waals surface area contributed by atoms with E-state index in [0.717, 1.165) is 6.42 Å². The van der Waals surface area contributed by atoms with Crippen molar-refractivity contribution in [2.45, 2.75) is 12.5 Å². The van der Waals surface area contributed by atoms with Gasteiger partial charge in [0.05, 0.1) is 12.7 Å². The number of hydrogen-bond donors (Lipinski definition) is 0. The first-order valence-corrected chi connectivity index (χ1v) is 6.99. The summed E-state index contributed by atoms with van der Waals surface area (Å²) < 4.78 is 11.5. The van der Waals surface area contributed by atoms with Gasteiger partial charge in [-0.05, 0) is 28.1 Å². The summed E-state index contributed by atoms with van der Waals surface area (Å²) in [6.07, 6.45) is 5.44. The molecule has 0 radical (unpaired) electrons. The van der Waals surface area contributed by atoms with Crippen LogP contribution in [-0.4, -0.2) is 40.0 Å². The Morgan fingerprint density at radius 1 is 1.45 bits per heavy atom. The summed E-state index contributed by atoms with van der Waals surface area (Å²) >= 11 is 3.19. The van der Waals surface area contributed by atoms with Crippen LogP contribution in [0.2, 0.25) is 0 Å². The van der Waals surface area contributed by atoms with Gasteiger partial charge in [0.25, 0.3) is 5.91 Å². The van der Waals surface area contributed by atoms with E-state index in [4.69, 9.17) is 9.15 Å². The second-order valence-corrected chi connectivity index (χ2v) is 5.21. The molecular formula is C13H12BrN3O3. The van der Waals surface area contributed by atoms with E-state index in [0.29, 0.717) is 29.4 Å². The number of nitrogens with zero attached hydrogens (tertiary/aromatic N) is 3. The summed E-state index contributed by atoms with van der Waals surface area (Å²) in [6, 6.07) is 3.36. The van der Waals surface area contributed by atoms with Crippen molar-refractivity contribution in [3.63, 3.8) is 0 Å². The highest BCUT2D eigenvalue weighted by molar-refractivity contribution is 9.10. The number of amides is 1. The van der Waals surface area contributed by atoms with Crippen molar-refractivity contribution in [2.24, 2.45) is 0 Å². The monoisotopic (exact) mass is 337 g/mol. The van der Waals surface area contributed by atoms with Crippen LogP contribution < -0.4 is 4.74 Å². The number of carbonyl (C=O) groups excluding carboxylic acids is 1. The van der Waals surface area contributed by atoms with E-state index in [9.17, 15) is 4.79 Å². The highest BCUT2D eigenvalue weighted by Crippen LogP contribution is 2.20. The fourth-order valence-electron chi connectivity index (χ4n) is 2.11. The average Bonchev–Trinajstić information content (AvgIpc) is 3.08. The van der Waals surface area contributed by atoms with E-state index in [1.807, 2.05) is 0 Å². The van der Waals surface area contributed by atoms with Crippen molar-refractivity contribution in [1.29, 1.82) is 0 Å². The van der Waals surface area contributed by atoms with Gasteiger partial charge < -0.3 is 14.1 Å². The number of likely N-dealkylation sites (tertiary alicyclic amines) is 1. The van der Waals surface area contributed by atoms with Crippen LogP contribution in [0.5, 0.6) is 5.88 Å². The first kappa shape index (κ1) is 13.1. The summed E-state index contributed by atoms with van der Waals surface area (Å²) in [5.74, 6) is 0.686. The molecule has 7 heteroatoms. The molecule has 1 fully saturated rings. The van der Waals surface area contributed by atoms with Crippen LogP contribution in [0.1, 0.15) is 17.0 Å². The molecule has 2 aromatic heterocycles. The molecule has 0 unspecified atom stereocenters. The number of rotatable bonds is 3. The highest BCUT2D eigenvalue weighted by Gasteiger charge is 2.29. The third-order valence-electron chi connectivity index (χ3n) is 3.04. The molecule has 0 bridgehead atoms. The summed E-state index contributed by atoms with van der Waals surface area (Å²) in [4.78, 5) is 21.9. The summed E-state index contributed by atoms with van der Waals surface area (Å²) in [7, 11) is 0. The lowest BCUT2D eigenvalue weighted by atomic mass is 10.3. The molecule has 1 saturated heterocycles. The second-order valence-electron chi connectivity index (χ2n) is 4.43. The minimum atomic E-state index is -0.124. The molecular weight excluding hydrogens is 326 g/mol. The number of ether oxygens (including phenoxy) is 1. The van der Waals surface area contributed by atoms with Crippen molar-refractivity contribution in [1.82, 2.24) is 14.9 Å². The molecule has 0 spiro atoms. The number of furan rings is 1. The van der Waals surface area contributed by atoms with Gasteiger partial charge in [-0.15, -0.1) is 0 Å². The van der Waals surface area contributed by atoms with E-state index < -0.39 is 0 Å². The minimum absolute atomic E-state index is 0.0611. The Kier molecular flexibility index (Phi) is 3.68. The molecule has 0 aromatic carbocycles. The van der Waals surface area contributed by atoms with E-state index in [-0.39, 0.29) is 12.0 Å². The Labute approximate surface area is 123 Å². The van der Waals surface area contributed by atoms with Crippen LogP contribution in [0, 0.1) is 0 Å². The fourth-order valence-corrected chi connectivity index (χ4v) is 2.42. The molecule has 0 N–H and O–H groups in total. The van der Waals surface area contributed by atoms with Crippen molar-refractivity contribution in [3.05, 3.63) is 41.2 Å². The lowest BCUT2D eigenvalue weighted by Gasteiger charge is -2.15. The molecule has 1 atom stereocenters. The fraction of sp³-hybridized carbons (Fsp3) is 0.308. The van der Waals surface area contributed by atoms with Crippen molar-refractivity contribution in [3.8, 4) is 5.88 Å². The lowest BCUT2D eigenvalue weighted by molar-refractivity contribution is 0.0738. The standard InChI is InChI=1S/C13H12BrN3O3/c14-11-2-1-10(20-11)13(18)17-6-3-9(8-17)19-12-7-15-4-5-16-12/h1-2,4-5,7,9H,3,6,8H2/t9-/m0/s1. The van der Waals surface area contributed by atoms with E-state index in [2.05, 4.69) is 25.9 Å². The van der Waals surface area contributed by atoms with Gasteiger partial charge in [0, 0.05) is 25.4 Å². The highest BCUT2D eigenvalue weighted by atomic mass is 79.9. The molecule has 1 aliphatic heterocycles. The Balaban J connectivity index is 1.61. The van der Waals surface area contributed by atoms with Crippen molar-refractivity contribution >= 4 is 21.8 Å². The largest absolute Gasteiger partial charge is 0.471 e. The first-order valence-electron chi connectivity index (χ1n) is 6.19. The smallest absolute Gasteiger partial charge is 0.289 e. The molecule has 1 aliphatic rings. The van der Waals surface area contributed by atoms with Crippen LogP contribution in [0.25, 0.3) is 0 Å². The van der Waals surface area contributed by atoms with Gasteiger partial charge in [0.15, 0.2) is 10.4 Å². The predicted octanol–water partition coefficient (Wildman–Crippen LogP) is 2.13. The van der Waals surface area contributed by atoms with Crippen LogP contribution in [0.15, 0.2) is 39.8 Å². The molecule has 3 rings (SSSR count). The number of hydrogen-bond acceptors (Lipinski definition) is 5. The van der Waals surface area contributed by atoms with E-state index in [1.165, 1.54) is 0 Å². The van der Waals surface area contributed by atoms with Gasteiger partial charge in [0.2, 0.25) is 5.88 Å². The molecule has 1 amide bonds. The van der Waals surface area contributed by atoms with Crippen molar-refractivity contribution in [2.75, 3.05) is 13.1 Å². The zero-order chi connectivity index (χ0) is 13.9. The van der Waals surface area contributed by atoms with Gasteiger partial charge >= 0.3 is 0 Å². The normalized spacial score (nSPS) is 18.2. The van der Waals surface area contributed by atoms with Crippen LogP contribution in [-0.2, 0) is 0 Å². The van der Waals surface area contributed by atoms with Crippen molar-refractivity contribution < 1.29 is 13.9 Å². The topological polar surface area (TPSA) is 68.5 Å². The van der Waals surface area contributed by atoms with Gasteiger partial charge in [-0.2, -0.15) is 0 Å². The summed E-state index contributed by atoms with van der Waals surface area (Å²) in [5, 5.41) is 0. The number of aromatic nitrogens is 2. The molecule has 2 aromatic rings. The van der Waals surface area contributed by atoms with E-state index in [1.54, 1.807) is 35.6 Å². The maximum absolute atomic E-state index is 12.2. The molecule has 20 heavy (non-hydrogen) atoms. The minimum Gasteiger partial charge on any atom is -0.471 e. The van der Waals surface area contributed by atoms with Gasteiger partial charge in [0.1, 0.15) is 6.10 Å². The van der Waals surface area contributed by atoms with Crippen LogP contribution >= 0.6 is 15.9 Å². The van der Waals surface area contributed by atoms with E-state index >= 15 is 0 Å². The van der Waals surface area contributed by atoms with Gasteiger partial charge in [-0.3, -0.25) is 9.78 Å². The average molecular weight is 338 g/mol. The van der Waals surface area contributed by atoms with Crippen LogP contribution in [0.4, 0.5) is 0 Å². The maximum atomic E-state index is 12.2. The SMILES string of the molecule is O=C(c1ccc(Br)o1)N1CC[C@H](Oc2cnccn2)C1. The lowest BCUT2D eigenvalue weighted by Crippen LogP contribution is -2.30. The molecule has 6 nitrogen and oxygen atoms in total. The zero-order valence-corrected chi connectivity index (χ0v) is 12.1. The Morgan fingerprint density at radius 2 is 2.35 bits per heavy atom.